The predicted octanol–water partition coefficient (Wildman–Crippen LogP) is 7.27. The Bertz CT molecular complexity index is 1360. The van der Waals surface area contributed by atoms with Crippen LogP contribution in [0.15, 0.2) is 102 Å². The highest BCUT2D eigenvalue weighted by molar-refractivity contribution is 9.10. The Morgan fingerprint density at radius 3 is 2.41 bits per heavy atom. The van der Waals surface area contributed by atoms with Gasteiger partial charge < -0.3 is 4.98 Å². The molecule has 0 aliphatic heterocycles. The van der Waals surface area contributed by atoms with E-state index in [1.807, 2.05) is 18.2 Å². The summed E-state index contributed by atoms with van der Waals surface area (Å²) in [7, 11) is 0. The number of halogens is 1. The Morgan fingerprint density at radius 1 is 0.724 bits per heavy atom. The van der Waals surface area contributed by atoms with Crippen molar-refractivity contribution in [3.05, 3.63) is 118 Å². The van der Waals surface area contributed by atoms with Gasteiger partial charge in [0.25, 0.3) is 0 Å². The van der Waals surface area contributed by atoms with Gasteiger partial charge in [0.2, 0.25) is 0 Å². The maximum absolute atomic E-state index is 3.62. The van der Waals surface area contributed by atoms with Crippen LogP contribution in [0.4, 0.5) is 0 Å². The van der Waals surface area contributed by atoms with Gasteiger partial charge in [-0.05, 0) is 52.2 Å². The smallest absolute Gasteiger partial charge is 0.0732 e. The van der Waals surface area contributed by atoms with E-state index in [0.29, 0.717) is 0 Å². The number of benzene rings is 4. The lowest BCUT2D eigenvalue weighted by atomic mass is 9.88. The van der Waals surface area contributed by atoms with E-state index in [1.54, 1.807) is 0 Å². The van der Waals surface area contributed by atoms with Gasteiger partial charge in [-0.1, -0.05) is 88.4 Å². The number of H-pyrrole nitrogens is 1. The molecule has 1 aromatic heterocycles. The van der Waals surface area contributed by atoms with Crippen molar-refractivity contribution in [3.8, 4) is 11.8 Å². The number of nitrogens with one attached hydrogen (secondary N) is 1. The summed E-state index contributed by atoms with van der Waals surface area (Å²) in [6.07, 6.45) is 2.10. The van der Waals surface area contributed by atoms with Gasteiger partial charge in [0.1, 0.15) is 0 Å². The van der Waals surface area contributed by atoms with Crippen LogP contribution >= 0.6 is 15.9 Å². The molecule has 0 aliphatic rings. The van der Waals surface area contributed by atoms with Crippen molar-refractivity contribution in [3.63, 3.8) is 0 Å². The Labute approximate surface area is 178 Å². The summed E-state index contributed by atoms with van der Waals surface area (Å²) >= 11 is 3.62. The molecule has 0 spiro atoms. The molecule has 0 amide bonds. The lowest BCUT2D eigenvalue weighted by molar-refractivity contribution is 1.09. The third kappa shape index (κ3) is 3.46. The summed E-state index contributed by atoms with van der Waals surface area (Å²) in [5.41, 5.74) is 4.57. The molecule has 0 saturated heterocycles. The molecular formula is C27H18BrN. The van der Waals surface area contributed by atoms with Crippen LogP contribution in [0.5, 0.6) is 0 Å². The minimum Gasteiger partial charge on any atom is -0.361 e. The number of hydrogen-bond acceptors (Lipinski definition) is 0. The molecule has 1 atom stereocenters. The summed E-state index contributed by atoms with van der Waals surface area (Å²) in [6.45, 7) is 0. The molecule has 0 fully saturated rings. The van der Waals surface area contributed by atoms with Crippen molar-refractivity contribution in [2.24, 2.45) is 0 Å². The minimum absolute atomic E-state index is 0.0376. The zero-order chi connectivity index (χ0) is 19.6. The van der Waals surface area contributed by atoms with Gasteiger partial charge in [-0.3, -0.25) is 0 Å². The molecule has 1 unspecified atom stereocenters. The first-order valence-corrected chi connectivity index (χ1v) is 10.4. The summed E-state index contributed by atoms with van der Waals surface area (Å²) < 4.78 is 1.07. The molecule has 138 valence electrons. The normalized spacial score (nSPS) is 11.9. The average molecular weight is 436 g/mol. The minimum atomic E-state index is -0.0376. The lowest BCUT2D eigenvalue weighted by Crippen LogP contribution is -1.99. The molecule has 0 bridgehead atoms. The number of rotatable bonds is 2. The van der Waals surface area contributed by atoms with Crippen molar-refractivity contribution in [1.29, 1.82) is 0 Å². The number of aromatic nitrogens is 1. The van der Waals surface area contributed by atoms with Crippen molar-refractivity contribution in [2.45, 2.75) is 5.92 Å². The van der Waals surface area contributed by atoms with E-state index < -0.39 is 0 Å². The topological polar surface area (TPSA) is 15.8 Å². The van der Waals surface area contributed by atoms with Crippen molar-refractivity contribution >= 4 is 37.6 Å². The molecule has 1 N–H and O–H groups in total. The van der Waals surface area contributed by atoms with E-state index in [1.165, 1.54) is 27.3 Å². The van der Waals surface area contributed by atoms with Gasteiger partial charge in [0.15, 0.2) is 0 Å². The highest BCUT2D eigenvalue weighted by atomic mass is 79.9. The van der Waals surface area contributed by atoms with E-state index >= 15 is 0 Å². The monoisotopic (exact) mass is 435 g/mol. The predicted molar refractivity (Wildman–Crippen MR) is 125 cm³/mol. The van der Waals surface area contributed by atoms with Gasteiger partial charge in [0, 0.05) is 27.1 Å². The van der Waals surface area contributed by atoms with Crippen molar-refractivity contribution in [1.82, 2.24) is 4.98 Å². The summed E-state index contributed by atoms with van der Waals surface area (Å²) in [6, 6.07) is 31.5. The molecule has 2 heteroatoms. The Morgan fingerprint density at radius 2 is 1.52 bits per heavy atom. The standard InChI is InChI=1S/C27H18BrN/c28-21-14-16-27-25(17-21)26(18-29-27)24(15-13-19-7-2-1-3-8-19)23-12-6-10-20-9-4-5-11-22(20)23/h1-12,14,16-18,24,29H. The van der Waals surface area contributed by atoms with Gasteiger partial charge in [-0.15, -0.1) is 0 Å². The molecule has 1 nitrogen and oxygen atoms in total. The van der Waals surface area contributed by atoms with Crippen LogP contribution in [0, 0.1) is 11.8 Å². The van der Waals surface area contributed by atoms with Gasteiger partial charge in [-0.25, -0.2) is 0 Å². The van der Waals surface area contributed by atoms with Crippen LogP contribution < -0.4 is 0 Å². The van der Waals surface area contributed by atoms with Crippen LogP contribution in [0.25, 0.3) is 21.7 Å². The molecule has 1 heterocycles. The fourth-order valence-electron chi connectivity index (χ4n) is 3.86. The second-order valence-electron chi connectivity index (χ2n) is 7.07. The fourth-order valence-corrected chi connectivity index (χ4v) is 4.22. The number of hydrogen-bond donors (Lipinski definition) is 1. The molecule has 5 rings (SSSR count). The maximum atomic E-state index is 3.62. The molecule has 4 aromatic carbocycles. The second-order valence-corrected chi connectivity index (χ2v) is 7.99. The molecule has 5 aromatic rings. The first-order chi connectivity index (χ1) is 14.3. The quantitative estimate of drug-likeness (QED) is 0.280. The third-order valence-corrected chi connectivity index (χ3v) is 5.75. The molecular weight excluding hydrogens is 418 g/mol. The molecule has 0 saturated carbocycles. The summed E-state index contributed by atoms with van der Waals surface area (Å²) in [5.74, 6) is 6.94. The summed E-state index contributed by atoms with van der Waals surface area (Å²) in [5, 5.41) is 3.67. The van der Waals surface area contributed by atoms with Crippen LogP contribution in [0.2, 0.25) is 0 Å². The van der Waals surface area contributed by atoms with E-state index in [-0.39, 0.29) is 5.92 Å². The van der Waals surface area contributed by atoms with E-state index in [2.05, 4.69) is 112 Å². The van der Waals surface area contributed by atoms with E-state index in [0.717, 1.165) is 15.6 Å². The van der Waals surface area contributed by atoms with Crippen molar-refractivity contribution < 1.29 is 0 Å². The van der Waals surface area contributed by atoms with Gasteiger partial charge in [-0.2, -0.15) is 0 Å². The summed E-state index contributed by atoms with van der Waals surface area (Å²) in [4.78, 5) is 3.42. The maximum Gasteiger partial charge on any atom is 0.0732 e. The fraction of sp³-hybridized carbons (Fsp3) is 0.0370. The van der Waals surface area contributed by atoms with Crippen molar-refractivity contribution in [2.75, 3.05) is 0 Å². The average Bonchev–Trinajstić information content (AvgIpc) is 3.18. The largest absolute Gasteiger partial charge is 0.361 e. The highest BCUT2D eigenvalue weighted by Crippen LogP contribution is 2.35. The first-order valence-electron chi connectivity index (χ1n) is 9.60. The Hall–Kier alpha value is -3.28. The first kappa shape index (κ1) is 17.8. The molecule has 0 aliphatic carbocycles. The SMILES string of the molecule is Brc1ccc2[nH]cc(C(C#Cc3ccccc3)c3cccc4ccccc34)c2c1. The molecule has 29 heavy (non-hydrogen) atoms. The Balaban J connectivity index is 1.75. The highest BCUT2D eigenvalue weighted by Gasteiger charge is 2.18. The zero-order valence-electron chi connectivity index (χ0n) is 15.7. The van der Waals surface area contributed by atoms with Crippen LogP contribution in [0.1, 0.15) is 22.6 Å². The van der Waals surface area contributed by atoms with Gasteiger partial charge in [0.05, 0.1) is 5.92 Å². The van der Waals surface area contributed by atoms with Gasteiger partial charge >= 0.3 is 0 Å². The zero-order valence-corrected chi connectivity index (χ0v) is 17.3. The van der Waals surface area contributed by atoms with E-state index in [9.17, 15) is 0 Å². The number of aromatic amines is 1. The van der Waals surface area contributed by atoms with Crippen LogP contribution in [-0.4, -0.2) is 4.98 Å². The van der Waals surface area contributed by atoms with Crippen LogP contribution in [0.3, 0.4) is 0 Å². The number of fused-ring (bicyclic) bond motifs is 2. The second kappa shape index (κ2) is 7.62. The molecule has 0 radical (unpaired) electrons. The lowest BCUT2D eigenvalue weighted by Gasteiger charge is -2.14. The Kier molecular flexibility index (Phi) is 4.68. The third-order valence-electron chi connectivity index (χ3n) is 5.26. The van der Waals surface area contributed by atoms with E-state index in [4.69, 9.17) is 0 Å². The van der Waals surface area contributed by atoms with Crippen LogP contribution in [-0.2, 0) is 0 Å².